The third kappa shape index (κ3) is 37.9. The van der Waals surface area contributed by atoms with E-state index in [1.807, 2.05) is 0 Å². The van der Waals surface area contributed by atoms with Crippen LogP contribution in [0.3, 0.4) is 0 Å². The molecule has 2 rings (SSSR count). The minimum Gasteiger partial charge on any atom is -0.481 e. The second-order valence-electron chi connectivity index (χ2n) is 26.9. The molecule has 42 heteroatoms. The number of aliphatic imine (C=N–C) groups is 3. The number of amides is 14. The first-order valence-corrected chi connectivity index (χ1v) is 38.5. The zero-order chi connectivity index (χ0) is 85.6. The van der Waals surface area contributed by atoms with Crippen molar-refractivity contribution in [2.24, 2.45) is 66.9 Å². The van der Waals surface area contributed by atoms with Crippen LogP contribution in [0.15, 0.2) is 75.6 Å². The van der Waals surface area contributed by atoms with E-state index in [9.17, 15) is 81.8 Å². The monoisotopic (exact) mass is 1640 g/mol. The summed E-state index contributed by atoms with van der Waals surface area (Å²) < 4.78 is 0. The van der Waals surface area contributed by atoms with Gasteiger partial charge >= 0.3 is 5.97 Å². The number of nitrogens with zero attached hydrogens (tertiary/aromatic N) is 4. The van der Waals surface area contributed by atoms with Crippen molar-refractivity contribution in [3.8, 4) is 0 Å². The number of carboxylic acids is 1. The number of benzene rings is 2. The number of guanidine groups is 3. The molecule has 0 saturated carbocycles. The van der Waals surface area contributed by atoms with Gasteiger partial charge in [-0.25, -0.2) is 0 Å². The van der Waals surface area contributed by atoms with Crippen LogP contribution in [-0.4, -0.2) is 240 Å². The SMILES string of the molecule is CC[C@H](C)[C@H](NC(=O)[C@H](CCCN=C(N)N)NC(=O)CNC(=O)CNC(=O)[C@H](Cc1ccccc1)NC(=O)[C@@H](C)NC(=O)[C@H](CS)NC(C)=O)C(=O)N[C@@H](CC(=O)O)C(=O)N[C@@H](CCCN=C(N)N)C(=O)N[C@H](C(=O)N[C@@H](CS)C(=O)N[C@@H](Cc1ccccc1)C(=O)N(C(=O)CCCCN)[C@H](C=O)CCCN=C(N)N)[C@@H](C)CC. The van der Waals surface area contributed by atoms with Crippen molar-refractivity contribution < 1.29 is 81.8 Å². The number of carboxylic acid groups (broad SMARTS) is 1. The highest BCUT2D eigenvalue weighted by Gasteiger charge is 2.40. The van der Waals surface area contributed by atoms with Gasteiger partial charge in [0.05, 0.1) is 25.6 Å². The van der Waals surface area contributed by atoms with Gasteiger partial charge in [0.1, 0.15) is 66.7 Å². The normalized spacial score (nSPS) is 14.3. The molecule has 0 aliphatic rings. The van der Waals surface area contributed by atoms with Crippen molar-refractivity contribution in [2.75, 3.05) is 50.8 Å². The van der Waals surface area contributed by atoms with Crippen LogP contribution in [-0.2, 0) is 89.6 Å². The van der Waals surface area contributed by atoms with Crippen LogP contribution >= 0.6 is 25.3 Å². The average Bonchev–Trinajstić information content (AvgIpc) is 0.825. The first kappa shape index (κ1) is 98.9. The van der Waals surface area contributed by atoms with E-state index in [0.29, 0.717) is 23.8 Å². The lowest BCUT2D eigenvalue weighted by Crippen LogP contribution is -2.62. The number of imide groups is 1. The summed E-state index contributed by atoms with van der Waals surface area (Å²) in [5.74, 6) is -17.1. The molecule has 14 amide bonds. The number of aldehydes is 1. The number of hydrogen-bond donors (Lipinski definition) is 22. The number of rotatable bonds is 54. The first-order valence-electron chi connectivity index (χ1n) is 37.3. The summed E-state index contributed by atoms with van der Waals surface area (Å²) >= 11 is 8.44. The number of carbonyl (C=O) groups is 16. The van der Waals surface area contributed by atoms with Crippen LogP contribution in [0.5, 0.6) is 0 Å². The molecule has 0 spiro atoms. The number of nitrogens with one attached hydrogen (secondary N) is 12. The van der Waals surface area contributed by atoms with Crippen LogP contribution < -0.4 is 104 Å². The van der Waals surface area contributed by atoms with E-state index in [2.05, 4.69) is 104 Å². The van der Waals surface area contributed by atoms with E-state index in [1.165, 1.54) is 13.8 Å². The molecule has 114 heavy (non-hydrogen) atoms. The average molecular weight is 1640 g/mol. The zero-order valence-corrected chi connectivity index (χ0v) is 66.9. The molecule has 632 valence electrons. The first-order chi connectivity index (χ1) is 54.0. The van der Waals surface area contributed by atoms with Gasteiger partial charge in [-0.1, -0.05) is 101 Å². The largest absolute Gasteiger partial charge is 0.481 e. The Balaban J connectivity index is 2.47. The topological polar surface area (TPSA) is 660 Å². The van der Waals surface area contributed by atoms with Gasteiger partial charge in [0.15, 0.2) is 17.9 Å². The lowest BCUT2D eigenvalue weighted by molar-refractivity contribution is -0.152. The third-order valence-corrected chi connectivity index (χ3v) is 18.4. The van der Waals surface area contributed by atoms with Gasteiger partial charge in [0, 0.05) is 57.3 Å². The fraction of sp³-hybridized carbons (Fsp3) is 0.569. The van der Waals surface area contributed by atoms with Crippen molar-refractivity contribution in [2.45, 2.75) is 198 Å². The Hall–Kier alpha value is -11.2. The molecule has 0 aliphatic heterocycles. The summed E-state index contributed by atoms with van der Waals surface area (Å²) in [6.07, 6.45) is -0.399. The number of aliphatic carboxylic acids is 1. The van der Waals surface area contributed by atoms with Gasteiger partial charge < -0.3 is 114 Å². The summed E-state index contributed by atoms with van der Waals surface area (Å²) in [7, 11) is 0. The van der Waals surface area contributed by atoms with Crippen molar-refractivity contribution in [1.29, 1.82) is 0 Å². The highest BCUT2D eigenvalue weighted by molar-refractivity contribution is 7.80. The summed E-state index contributed by atoms with van der Waals surface area (Å²) in [5.41, 5.74) is 40.0. The van der Waals surface area contributed by atoms with E-state index >= 15 is 0 Å². The minimum absolute atomic E-state index is 0.0260. The summed E-state index contributed by atoms with van der Waals surface area (Å²) in [5, 5.41) is 40.1. The number of nitrogens with two attached hydrogens (primary N) is 7. The van der Waals surface area contributed by atoms with E-state index < -0.39 is 192 Å². The molecule has 0 saturated heterocycles. The van der Waals surface area contributed by atoms with Crippen molar-refractivity contribution in [1.82, 2.24) is 68.7 Å². The van der Waals surface area contributed by atoms with Crippen LogP contribution in [0.4, 0.5) is 0 Å². The molecule has 0 heterocycles. The Bertz CT molecular complexity index is 3630. The lowest BCUT2D eigenvalue weighted by Gasteiger charge is -2.32. The van der Waals surface area contributed by atoms with Crippen LogP contribution in [0, 0.1) is 11.8 Å². The molecular formula is C72H115N23O17S2. The number of unbranched alkanes of at least 4 members (excludes halogenated alkanes) is 1. The predicted molar refractivity (Wildman–Crippen MR) is 430 cm³/mol. The van der Waals surface area contributed by atoms with Crippen LogP contribution in [0.1, 0.15) is 130 Å². The van der Waals surface area contributed by atoms with E-state index in [1.54, 1.807) is 88.4 Å². The maximum Gasteiger partial charge on any atom is 0.305 e. The molecule has 27 N–H and O–H groups in total. The predicted octanol–water partition coefficient (Wildman–Crippen LogP) is -5.77. The van der Waals surface area contributed by atoms with Gasteiger partial charge in [-0.3, -0.25) is 91.8 Å². The quantitative estimate of drug-likeness (QED) is 0.00965. The van der Waals surface area contributed by atoms with Gasteiger partial charge in [-0.2, -0.15) is 25.3 Å². The van der Waals surface area contributed by atoms with Crippen molar-refractivity contribution in [3.05, 3.63) is 71.8 Å². The molecule has 0 bridgehead atoms. The molecule has 2 aromatic carbocycles. The highest BCUT2D eigenvalue weighted by Crippen LogP contribution is 2.18. The zero-order valence-electron chi connectivity index (χ0n) is 65.1. The molecule has 40 nitrogen and oxygen atoms in total. The summed E-state index contributed by atoms with van der Waals surface area (Å²) in [4.78, 5) is 232. The minimum atomic E-state index is -1.98. The molecule has 0 radical (unpaired) electrons. The fourth-order valence-electron chi connectivity index (χ4n) is 11.1. The second-order valence-corrected chi connectivity index (χ2v) is 27.6. The Morgan fingerprint density at radius 1 is 0.465 bits per heavy atom. The molecular weight excluding hydrogens is 1520 g/mol. The smallest absolute Gasteiger partial charge is 0.305 e. The molecule has 0 aliphatic carbocycles. The molecule has 0 aromatic heterocycles. The van der Waals surface area contributed by atoms with Crippen molar-refractivity contribution in [3.63, 3.8) is 0 Å². The Labute approximate surface area is 672 Å². The Kier molecular flexibility index (Phi) is 46.6. The fourth-order valence-corrected chi connectivity index (χ4v) is 11.6. The van der Waals surface area contributed by atoms with Gasteiger partial charge in [-0.15, -0.1) is 0 Å². The van der Waals surface area contributed by atoms with Gasteiger partial charge in [-0.05, 0) is 87.8 Å². The Morgan fingerprint density at radius 2 is 0.877 bits per heavy atom. The van der Waals surface area contributed by atoms with Gasteiger partial charge in [0.25, 0.3) is 5.91 Å². The molecule has 2 aromatic rings. The van der Waals surface area contributed by atoms with E-state index in [4.69, 9.17) is 40.1 Å². The lowest BCUT2D eigenvalue weighted by atomic mass is 9.96. The van der Waals surface area contributed by atoms with E-state index in [0.717, 1.165) is 4.90 Å². The van der Waals surface area contributed by atoms with Crippen LogP contribution in [0.2, 0.25) is 0 Å². The molecule has 13 atom stereocenters. The van der Waals surface area contributed by atoms with Crippen molar-refractivity contribution >= 4 is 138 Å². The number of carbonyl (C=O) groups excluding carboxylic acids is 15. The number of hydrogen-bond acceptors (Lipinski definition) is 22. The van der Waals surface area contributed by atoms with Crippen LogP contribution in [0.25, 0.3) is 0 Å². The summed E-state index contributed by atoms with van der Waals surface area (Å²) in [6.45, 7) is 7.63. The van der Waals surface area contributed by atoms with Gasteiger partial charge in [0.2, 0.25) is 76.8 Å². The molecule has 0 fully saturated rings. The maximum atomic E-state index is 14.8. The van der Waals surface area contributed by atoms with E-state index in [-0.39, 0.29) is 127 Å². The Morgan fingerprint density at radius 3 is 1.33 bits per heavy atom. The third-order valence-electron chi connectivity index (χ3n) is 17.7. The summed E-state index contributed by atoms with van der Waals surface area (Å²) in [6, 6.07) is 0.692. The second kappa shape index (κ2) is 53.7. The standard InChI is InChI=1S/C72H115N23O17S2/c1-7-40(3)58(93-62(105)47(25-18-30-81-71(76)77)87-55(99)36-83-54(98)35-84-61(104)49(32-44-20-11-9-12-21-44)89-60(103)42(5)85-65(108)52(38-113)86-43(6)97)67(110)90-50(34-57(101)102)64(107)88-48(26-19-31-82-72(78)79)63(106)94-59(41(4)8-2)68(111)92-53(39-114)66(109)91-51(33-45-22-13-10-14-23-45)69(112)95(56(100)27-15-16-28-73)46(37-96)24-17-29-80-70(74)75/h9-14,20-23,37,40-42,46-53,58-59,113-114H,7-8,15-19,24-36,38-39,73H2,1-6H3,(H,83,98)(H,84,104)(H,85,108)(H,86,97)(H,87,99)(H,88,107)(H,89,103)(H,90,110)(H,91,109)(H,92,111)(H,93,105)(H,94,106)(H,101,102)(H4,74,75,80)(H4,76,77,81)(H4,78,79,82)/t40-,41-,42+,46-,47-,48-,49-,50-,51-,52-,53-,58-,59-/m0/s1. The number of thiol groups is 2. The molecule has 0 unspecified atom stereocenters. The highest BCUT2D eigenvalue weighted by atomic mass is 32.1. The maximum absolute atomic E-state index is 14.8.